The van der Waals surface area contributed by atoms with Crippen molar-refractivity contribution in [2.75, 3.05) is 13.2 Å². The predicted octanol–water partition coefficient (Wildman–Crippen LogP) is 0.0673. The molecule has 0 aliphatic heterocycles. The molecule has 1 fully saturated rings. The van der Waals surface area contributed by atoms with Gasteiger partial charge in [0.15, 0.2) is 0 Å². The fourth-order valence-electron chi connectivity index (χ4n) is 1.85. The molecule has 84 valence electrons. The van der Waals surface area contributed by atoms with Crippen molar-refractivity contribution in [1.82, 2.24) is 20.1 Å². The minimum Gasteiger partial charge on any atom is -0.396 e. The van der Waals surface area contributed by atoms with E-state index in [1.807, 2.05) is 7.05 Å². The Bertz CT molecular complexity index is 319. The lowest BCUT2D eigenvalue weighted by Gasteiger charge is -2.13. The Morgan fingerprint density at radius 3 is 2.93 bits per heavy atom. The summed E-state index contributed by atoms with van der Waals surface area (Å²) in [6, 6.07) is 0. The van der Waals surface area contributed by atoms with Crippen molar-refractivity contribution in [3.63, 3.8) is 0 Å². The Morgan fingerprint density at radius 2 is 2.40 bits per heavy atom. The zero-order chi connectivity index (χ0) is 10.7. The van der Waals surface area contributed by atoms with Crippen LogP contribution < -0.4 is 5.32 Å². The first-order valence-electron chi connectivity index (χ1n) is 5.40. The molecule has 1 aromatic heterocycles. The van der Waals surface area contributed by atoms with Crippen molar-refractivity contribution < 1.29 is 5.11 Å². The van der Waals surface area contributed by atoms with E-state index in [2.05, 4.69) is 15.4 Å². The Kier molecular flexibility index (Phi) is 3.02. The summed E-state index contributed by atoms with van der Waals surface area (Å²) in [7, 11) is 1.89. The van der Waals surface area contributed by atoms with Gasteiger partial charge in [0.2, 0.25) is 0 Å². The second-order valence-corrected chi connectivity index (χ2v) is 4.38. The van der Waals surface area contributed by atoms with Crippen LogP contribution in [0.4, 0.5) is 0 Å². The molecule has 15 heavy (non-hydrogen) atoms. The second-order valence-electron chi connectivity index (χ2n) is 4.38. The lowest BCUT2D eigenvalue weighted by Crippen LogP contribution is -2.25. The van der Waals surface area contributed by atoms with Crippen LogP contribution in [-0.4, -0.2) is 33.0 Å². The zero-order valence-electron chi connectivity index (χ0n) is 9.11. The van der Waals surface area contributed by atoms with E-state index in [4.69, 9.17) is 5.11 Å². The first kappa shape index (κ1) is 10.6. The Labute approximate surface area is 89.5 Å². The molecule has 1 aliphatic carbocycles. The minimum atomic E-state index is 0.297. The molecule has 0 radical (unpaired) electrons. The molecule has 1 heterocycles. The van der Waals surface area contributed by atoms with E-state index in [-0.39, 0.29) is 0 Å². The third kappa shape index (κ3) is 2.54. The standard InChI is InChI=1S/C10H18N4O/c1-14-9(12-8-13-14)6-11-7-10(2-3-10)4-5-15/h8,11,15H,2-7H2,1H3. The van der Waals surface area contributed by atoms with E-state index in [1.54, 1.807) is 11.0 Å². The molecule has 1 aliphatic rings. The number of nitrogens with zero attached hydrogens (tertiary/aromatic N) is 3. The predicted molar refractivity (Wildman–Crippen MR) is 56.1 cm³/mol. The van der Waals surface area contributed by atoms with Gasteiger partial charge in [-0.25, -0.2) is 4.98 Å². The molecule has 0 spiro atoms. The van der Waals surface area contributed by atoms with Gasteiger partial charge in [0, 0.05) is 20.2 Å². The summed E-state index contributed by atoms with van der Waals surface area (Å²) in [5.41, 5.74) is 0.368. The monoisotopic (exact) mass is 210 g/mol. The highest BCUT2D eigenvalue weighted by Crippen LogP contribution is 2.47. The number of hydrogen-bond acceptors (Lipinski definition) is 4. The van der Waals surface area contributed by atoms with Gasteiger partial charge >= 0.3 is 0 Å². The lowest BCUT2D eigenvalue weighted by molar-refractivity contribution is 0.245. The van der Waals surface area contributed by atoms with Crippen LogP contribution in [0.3, 0.4) is 0 Å². The summed E-state index contributed by atoms with van der Waals surface area (Å²) in [6.07, 6.45) is 4.95. The zero-order valence-corrected chi connectivity index (χ0v) is 9.11. The minimum absolute atomic E-state index is 0.297. The van der Waals surface area contributed by atoms with Crippen molar-refractivity contribution in [3.05, 3.63) is 12.2 Å². The van der Waals surface area contributed by atoms with E-state index in [9.17, 15) is 0 Å². The Hall–Kier alpha value is -0.940. The number of aliphatic hydroxyl groups excluding tert-OH is 1. The van der Waals surface area contributed by atoms with Gasteiger partial charge in [0.1, 0.15) is 12.2 Å². The van der Waals surface area contributed by atoms with Crippen LogP contribution >= 0.6 is 0 Å². The second kappa shape index (κ2) is 4.28. The molecule has 5 heteroatoms. The Morgan fingerprint density at radius 1 is 1.60 bits per heavy atom. The molecule has 0 aromatic carbocycles. The number of rotatable bonds is 6. The molecule has 0 saturated heterocycles. The van der Waals surface area contributed by atoms with Gasteiger partial charge < -0.3 is 10.4 Å². The van der Waals surface area contributed by atoms with Crippen molar-refractivity contribution >= 4 is 0 Å². The van der Waals surface area contributed by atoms with Crippen LogP contribution in [0.25, 0.3) is 0 Å². The van der Waals surface area contributed by atoms with Crippen LogP contribution in [0.5, 0.6) is 0 Å². The average Bonchev–Trinajstić information content (AvgIpc) is 2.85. The Balaban J connectivity index is 1.73. The van der Waals surface area contributed by atoms with Crippen LogP contribution in [0, 0.1) is 5.41 Å². The molecular weight excluding hydrogens is 192 g/mol. The highest BCUT2D eigenvalue weighted by Gasteiger charge is 2.41. The molecule has 0 atom stereocenters. The normalized spacial score (nSPS) is 18.0. The summed E-state index contributed by atoms with van der Waals surface area (Å²) in [6.45, 7) is 2.02. The molecule has 0 unspecified atom stereocenters. The SMILES string of the molecule is Cn1ncnc1CNCC1(CCO)CC1. The van der Waals surface area contributed by atoms with Crippen molar-refractivity contribution in [2.24, 2.45) is 12.5 Å². The largest absolute Gasteiger partial charge is 0.396 e. The van der Waals surface area contributed by atoms with Gasteiger partial charge in [0.05, 0.1) is 6.54 Å². The van der Waals surface area contributed by atoms with E-state index >= 15 is 0 Å². The van der Waals surface area contributed by atoms with Crippen LogP contribution in [0.2, 0.25) is 0 Å². The van der Waals surface area contributed by atoms with Crippen LogP contribution in [-0.2, 0) is 13.6 Å². The van der Waals surface area contributed by atoms with Gasteiger partial charge in [-0.3, -0.25) is 4.68 Å². The van der Waals surface area contributed by atoms with Crippen molar-refractivity contribution in [1.29, 1.82) is 0 Å². The van der Waals surface area contributed by atoms with E-state index < -0.39 is 0 Å². The van der Waals surface area contributed by atoms with Gasteiger partial charge in [-0.1, -0.05) is 0 Å². The fourth-order valence-corrected chi connectivity index (χ4v) is 1.85. The lowest BCUT2D eigenvalue weighted by atomic mass is 10.0. The molecule has 0 amide bonds. The van der Waals surface area contributed by atoms with Gasteiger partial charge in [-0.15, -0.1) is 0 Å². The van der Waals surface area contributed by atoms with E-state index in [1.165, 1.54) is 12.8 Å². The smallest absolute Gasteiger partial charge is 0.140 e. The highest BCUT2D eigenvalue weighted by molar-refractivity contribution is 4.95. The maximum absolute atomic E-state index is 8.92. The summed E-state index contributed by atoms with van der Waals surface area (Å²) in [4.78, 5) is 4.14. The number of nitrogens with one attached hydrogen (secondary N) is 1. The molecule has 1 aromatic rings. The number of aryl methyl sites for hydroxylation is 1. The number of hydrogen-bond donors (Lipinski definition) is 2. The summed E-state index contributed by atoms with van der Waals surface area (Å²) < 4.78 is 1.78. The maximum atomic E-state index is 8.92. The fraction of sp³-hybridized carbons (Fsp3) is 0.800. The van der Waals surface area contributed by atoms with Crippen molar-refractivity contribution in [2.45, 2.75) is 25.8 Å². The van der Waals surface area contributed by atoms with Crippen LogP contribution in [0.1, 0.15) is 25.1 Å². The first-order chi connectivity index (χ1) is 7.26. The quantitative estimate of drug-likeness (QED) is 0.697. The van der Waals surface area contributed by atoms with Gasteiger partial charge in [0.25, 0.3) is 0 Å². The molecule has 1 saturated carbocycles. The van der Waals surface area contributed by atoms with Gasteiger partial charge in [-0.2, -0.15) is 5.10 Å². The summed E-state index contributed by atoms with van der Waals surface area (Å²) >= 11 is 0. The third-order valence-corrected chi connectivity index (χ3v) is 3.19. The van der Waals surface area contributed by atoms with Crippen LogP contribution in [0.15, 0.2) is 6.33 Å². The first-order valence-corrected chi connectivity index (χ1v) is 5.40. The third-order valence-electron chi connectivity index (χ3n) is 3.19. The van der Waals surface area contributed by atoms with E-state index in [0.717, 1.165) is 25.3 Å². The highest BCUT2D eigenvalue weighted by atomic mass is 16.3. The van der Waals surface area contributed by atoms with Crippen molar-refractivity contribution in [3.8, 4) is 0 Å². The number of aliphatic hydroxyl groups is 1. The molecule has 5 nitrogen and oxygen atoms in total. The molecule has 0 bridgehead atoms. The molecule has 2 N–H and O–H groups in total. The average molecular weight is 210 g/mol. The number of aromatic nitrogens is 3. The maximum Gasteiger partial charge on any atom is 0.140 e. The molecule has 2 rings (SSSR count). The topological polar surface area (TPSA) is 63.0 Å². The van der Waals surface area contributed by atoms with E-state index in [0.29, 0.717) is 12.0 Å². The van der Waals surface area contributed by atoms with Gasteiger partial charge in [-0.05, 0) is 24.7 Å². The molecular formula is C10H18N4O. The summed E-state index contributed by atoms with van der Waals surface area (Å²) in [5, 5.41) is 16.3. The summed E-state index contributed by atoms with van der Waals surface area (Å²) in [5.74, 6) is 0.954.